The molecule has 11 heteroatoms. The molecule has 0 spiro atoms. The fourth-order valence-electron chi connectivity index (χ4n) is 2.76. The third kappa shape index (κ3) is 4.98. The summed E-state index contributed by atoms with van der Waals surface area (Å²) in [4.78, 5) is 22.6. The molecule has 8 nitrogen and oxygen atoms in total. The van der Waals surface area contributed by atoms with Crippen molar-refractivity contribution in [3.63, 3.8) is 0 Å². The molecule has 0 bridgehead atoms. The van der Waals surface area contributed by atoms with Crippen LogP contribution in [0.4, 0.5) is 21.5 Å². The summed E-state index contributed by atoms with van der Waals surface area (Å²) in [7, 11) is -4.49. The Labute approximate surface area is 182 Å². The van der Waals surface area contributed by atoms with Gasteiger partial charge in [0.25, 0.3) is 15.7 Å². The van der Waals surface area contributed by atoms with Gasteiger partial charge in [0.15, 0.2) is 4.90 Å². The number of carbonyl (C=O) groups is 1. The van der Waals surface area contributed by atoms with Crippen molar-refractivity contribution in [1.82, 2.24) is 0 Å². The largest absolute Gasteiger partial charge is 0.324 e. The first-order chi connectivity index (χ1) is 14.7. The molecule has 0 aliphatic rings. The average molecular weight is 464 g/mol. The second kappa shape index (κ2) is 9.11. The molecule has 0 saturated carbocycles. The summed E-state index contributed by atoms with van der Waals surface area (Å²) in [5.41, 5.74) is -0.324. The van der Waals surface area contributed by atoms with Crippen molar-refractivity contribution in [3.8, 4) is 0 Å². The van der Waals surface area contributed by atoms with Gasteiger partial charge in [0.2, 0.25) is 5.91 Å². The van der Waals surface area contributed by atoms with Crippen LogP contribution in [0.1, 0.15) is 0 Å². The molecule has 1 amide bonds. The quantitative estimate of drug-likeness (QED) is 0.416. The van der Waals surface area contributed by atoms with E-state index < -0.39 is 43.8 Å². The van der Waals surface area contributed by atoms with Crippen LogP contribution in [-0.2, 0) is 14.8 Å². The summed E-state index contributed by atoms with van der Waals surface area (Å²) in [5.74, 6) is -1.43. The van der Waals surface area contributed by atoms with Crippen LogP contribution in [0.3, 0.4) is 0 Å². The highest BCUT2D eigenvalue weighted by Crippen LogP contribution is 2.29. The maximum absolute atomic E-state index is 13.3. The minimum atomic E-state index is -4.49. The zero-order valence-electron chi connectivity index (χ0n) is 15.7. The first-order valence-electron chi connectivity index (χ1n) is 8.76. The Balaban J connectivity index is 1.98. The third-order valence-electron chi connectivity index (χ3n) is 4.16. The number of hydrogen-bond acceptors (Lipinski definition) is 5. The summed E-state index contributed by atoms with van der Waals surface area (Å²) in [5, 5.41) is 13.6. The van der Waals surface area contributed by atoms with Crippen molar-refractivity contribution in [2.24, 2.45) is 0 Å². The fraction of sp³-hybridized carbons (Fsp3) is 0.0500. The van der Waals surface area contributed by atoms with Gasteiger partial charge >= 0.3 is 0 Å². The molecule has 3 aromatic carbocycles. The van der Waals surface area contributed by atoms with Crippen LogP contribution in [-0.4, -0.2) is 25.8 Å². The summed E-state index contributed by atoms with van der Waals surface area (Å²) in [6, 6.07) is 16.0. The molecule has 31 heavy (non-hydrogen) atoms. The van der Waals surface area contributed by atoms with E-state index in [1.807, 2.05) is 0 Å². The number of benzene rings is 3. The Morgan fingerprint density at radius 2 is 1.71 bits per heavy atom. The highest BCUT2D eigenvalue weighted by molar-refractivity contribution is 7.93. The van der Waals surface area contributed by atoms with Crippen molar-refractivity contribution in [1.29, 1.82) is 0 Å². The lowest BCUT2D eigenvalue weighted by Crippen LogP contribution is -2.38. The number of halogens is 2. The van der Waals surface area contributed by atoms with Crippen molar-refractivity contribution in [2.75, 3.05) is 16.2 Å². The number of anilines is 2. The number of rotatable bonds is 7. The second-order valence-corrected chi connectivity index (χ2v) is 8.49. The molecule has 0 aliphatic heterocycles. The summed E-state index contributed by atoms with van der Waals surface area (Å²) in [6.07, 6.45) is 0. The molecule has 0 saturated heterocycles. The number of sulfonamides is 1. The molecular weight excluding hydrogens is 449 g/mol. The molecule has 3 aromatic rings. The summed E-state index contributed by atoms with van der Waals surface area (Å²) < 4.78 is 40.7. The highest BCUT2D eigenvalue weighted by atomic mass is 35.5. The minimum Gasteiger partial charge on any atom is -0.324 e. The maximum Gasteiger partial charge on any atom is 0.289 e. The first-order valence-corrected chi connectivity index (χ1v) is 10.6. The van der Waals surface area contributed by atoms with E-state index in [0.717, 1.165) is 22.5 Å². The lowest BCUT2D eigenvalue weighted by atomic mass is 10.3. The van der Waals surface area contributed by atoms with Gasteiger partial charge in [-0.25, -0.2) is 12.8 Å². The van der Waals surface area contributed by atoms with Gasteiger partial charge in [0.1, 0.15) is 12.4 Å². The average Bonchev–Trinajstić information content (AvgIpc) is 2.75. The van der Waals surface area contributed by atoms with E-state index in [2.05, 4.69) is 5.32 Å². The molecule has 3 rings (SSSR count). The SMILES string of the molecule is O=C(CN(c1ccccc1)S(=O)(=O)c1ccccc1[N+](=O)[O-])Nc1ccc(F)c(Cl)c1. The number of hydrogen-bond donors (Lipinski definition) is 1. The molecule has 0 fully saturated rings. The van der Waals surface area contributed by atoms with Gasteiger partial charge in [0, 0.05) is 11.8 Å². The topological polar surface area (TPSA) is 110 Å². The highest BCUT2D eigenvalue weighted by Gasteiger charge is 2.33. The molecule has 160 valence electrons. The van der Waals surface area contributed by atoms with Gasteiger partial charge in [-0.15, -0.1) is 0 Å². The van der Waals surface area contributed by atoms with E-state index in [0.29, 0.717) is 0 Å². The van der Waals surface area contributed by atoms with Crippen LogP contribution in [0, 0.1) is 15.9 Å². The predicted molar refractivity (Wildman–Crippen MR) is 114 cm³/mol. The van der Waals surface area contributed by atoms with Crippen molar-refractivity contribution < 1.29 is 22.5 Å². The Kier molecular flexibility index (Phi) is 6.52. The van der Waals surface area contributed by atoms with Gasteiger partial charge < -0.3 is 5.32 Å². The van der Waals surface area contributed by atoms with Gasteiger partial charge in [-0.3, -0.25) is 19.2 Å². The van der Waals surface area contributed by atoms with Gasteiger partial charge in [0.05, 0.1) is 15.6 Å². The molecule has 0 heterocycles. The standard InChI is InChI=1S/C20H15ClFN3O5S/c21-16-12-14(10-11-17(16)22)23-20(26)13-24(15-6-2-1-3-7-15)31(29,30)19-9-5-4-8-18(19)25(27)28/h1-12H,13H2,(H,23,26). The van der Waals surface area contributed by atoms with E-state index >= 15 is 0 Å². The van der Waals surface area contributed by atoms with Crippen molar-refractivity contribution >= 4 is 44.6 Å². The molecule has 0 unspecified atom stereocenters. The number of para-hydroxylation sites is 2. The molecule has 0 radical (unpaired) electrons. The van der Waals surface area contributed by atoms with Crippen LogP contribution < -0.4 is 9.62 Å². The van der Waals surface area contributed by atoms with Crippen LogP contribution >= 0.6 is 11.6 Å². The van der Waals surface area contributed by atoms with E-state index in [1.165, 1.54) is 36.4 Å². The Morgan fingerprint density at radius 1 is 1.06 bits per heavy atom. The number of nitrogens with one attached hydrogen (secondary N) is 1. The lowest BCUT2D eigenvalue weighted by Gasteiger charge is -2.24. The molecule has 0 aromatic heterocycles. The normalized spacial score (nSPS) is 11.0. The van der Waals surface area contributed by atoms with Crippen LogP contribution in [0.2, 0.25) is 5.02 Å². The fourth-order valence-corrected chi connectivity index (χ4v) is 4.52. The summed E-state index contributed by atoms with van der Waals surface area (Å²) >= 11 is 5.70. The molecule has 0 atom stereocenters. The molecular formula is C20H15ClFN3O5S. The Bertz CT molecular complexity index is 1240. The Morgan fingerprint density at radius 3 is 2.35 bits per heavy atom. The zero-order chi connectivity index (χ0) is 22.6. The van der Waals surface area contributed by atoms with Crippen LogP contribution in [0.25, 0.3) is 0 Å². The number of carbonyl (C=O) groups excluding carboxylic acids is 1. The molecule has 1 N–H and O–H groups in total. The lowest BCUT2D eigenvalue weighted by molar-refractivity contribution is -0.387. The number of amides is 1. The second-order valence-electron chi connectivity index (χ2n) is 6.25. The van der Waals surface area contributed by atoms with Crippen LogP contribution in [0.15, 0.2) is 77.7 Å². The van der Waals surface area contributed by atoms with Crippen molar-refractivity contribution in [2.45, 2.75) is 4.90 Å². The number of nitro benzene ring substituents is 1. The van der Waals surface area contributed by atoms with E-state index in [-0.39, 0.29) is 16.4 Å². The molecule has 0 aliphatic carbocycles. The predicted octanol–water partition coefficient (Wildman–Crippen LogP) is 4.22. The monoisotopic (exact) mass is 463 g/mol. The zero-order valence-corrected chi connectivity index (χ0v) is 17.3. The van der Waals surface area contributed by atoms with Gasteiger partial charge in [-0.2, -0.15) is 0 Å². The van der Waals surface area contributed by atoms with E-state index in [4.69, 9.17) is 11.6 Å². The van der Waals surface area contributed by atoms with E-state index in [1.54, 1.807) is 18.2 Å². The number of nitro groups is 1. The summed E-state index contributed by atoms with van der Waals surface area (Å²) in [6.45, 7) is -0.687. The third-order valence-corrected chi connectivity index (χ3v) is 6.28. The van der Waals surface area contributed by atoms with Gasteiger partial charge in [-0.05, 0) is 36.4 Å². The Hall–Kier alpha value is -3.50. The van der Waals surface area contributed by atoms with Crippen LogP contribution in [0.5, 0.6) is 0 Å². The first kappa shape index (κ1) is 22.2. The maximum atomic E-state index is 13.3. The smallest absolute Gasteiger partial charge is 0.289 e. The van der Waals surface area contributed by atoms with Gasteiger partial charge in [-0.1, -0.05) is 41.9 Å². The van der Waals surface area contributed by atoms with Crippen molar-refractivity contribution in [3.05, 3.63) is 93.8 Å². The minimum absolute atomic E-state index is 0.132. The van der Waals surface area contributed by atoms with E-state index in [9.17, 15) is 27.7 Å². The number of nitrogens with zero attached hydrogens (tertiary/aromatic N) is 2.